The lowest BCUT2D eigenvalue weighted by atomic mass is 9.98. The van der Waals surface area contributed by atoms with Gasteiger partial charge in [-0.2, -0.15) is 0 Å². The van der Waals surface area contributed by atoms with Crippen LogP contribution in [0.25, 0.3) is 0 Å². The Morgan fingerprint density at radius 1 is 1.36 bits per heavy atom. The molecular formula is C8H17NO2. The standard InChI is InChI=1S/C7H12O2.CH5N/c1-6(8)7(9)4-2-3-5-7;1-2/h9H,2-5H2,1H3;2H2,1H3. The van der Waals surface area contributed by atoms with E-state index >= 15 is 0 Å². The predicted octanol–water partition coefficient (Wildman–Crippen LogP) is 0.455. The molecule has 0 radical (unpaired) electrons. The summed E-state index contributed by atoms with van der Waals surface area (Å²) in [6, 6.07) is 0. The number of hydrogen-bond acceptors (Lipinski definition) is 3. The molecule has 1 saturated carbocycles. The molecule has 3 nitrogen and oxygen atoms in total. The summed E-state index contributed by atoms with van der Waals surface area (Å²) in [7, 11) is 1.50. The highest BCUT2D eigenvalue weighted by Gasteiger charge is 2.35. The Morgan fingerprint density at radius 3 is 1.91 bits per heavy atom. The summed E-state index contributed by atoms with van der Waals surface area (Å²) in [6.07, 6.45) is 3.33. The Bertz CT molecular complexity index is 128. The maximum Gasteiger partial charge on any atom is 0.161 e. The lowest BCUT2D eigenvalue weighted by Crippen LogP contribution is -2.32. The minimum absolute atomic E-state index is 0.0694. The van der Waals surface area contributed by atoms with Crippen molar-refractivity contribution in [2.45, 2.75) is 38.2 Å². The van der Waals surface area contributed by atoms with Crippen molar-refractivity contribution in [3.8, 4) is 0 Å². The van der Waals surface area contributed by atoms with Gasteiger partial charge in [-0.15, -0.1) is 0 Å². The number of aliphatic hydroxyl groups is 1. The van der Waals surface area contributed by atoms with Crippen LogP contribution >= 0.6 is 0 Å². The molecule has 0 aromatic rings. The molecule has 0 aromatic carbocycles. The molecular weight excluding hydrogens is 142 g/mol. The lowest BCUT2D eigenvalue weighted by molar-refractivity contribution is -0.134. The molecule has 3 N–H and O–H groups in total. The summed E-state index contributed by atoms with van der Waals surface area (Å²) in [5, 5.41) is 9.42. The van der Waals surface area contributed by atoms with Crippen molar-refractivity contribution in [2.24, 2.45) is 5.73 Å². The number of ketones is 1. The van der Waals surface area contributed by atoms with Gasteiger partial charge in [0.1, 0.15) is 5.60 Å². The van der Waals surface area contributed by atoms with E-state index in [0.29, 0.717) is 12.8 Å². The van der Waals surface area contributed by atoms with Crippen molar-refractivity contribution in [2.75, 3.05) is 7.05 Å². The third-order valence-corrected chi connectivity index (χ3v) is 2.09. The molecule has 1 rings (SSSR count). The van der Waals surface area contributed by atoms with Crippen LogP contribution < -0.4 is 5.73 Å². The summed E-state index contributed by atoms with van der Waals surface area (Å²) in [4.78, 5) is 10.7. The molecule has 66 valence electrons. The van der Waals surface area contributed by atoms with E-state index in [4.69, 9.17) is 0 Å². The molecule has 1 aliphatic rings. The van der Waals surface area contributed by atoms with Crippen molar-refractivity contribution in [3.63, 3.8) is 0 Å². The smallest absolute Gasteiger partial charge is 0.161 e. The van der Waals surface area contributed by atoms with Crippen LogP contribution in [0.2, 0.25) is 0 Å². The Labute approximate surface area is 67.6 Å². The third kappa shape index (κ3) is 2.60. The Morgan fingerprint density at radius 2 is 1.73 bits per heavy atom. The minimum Gasteiger partial charge on any atom is -0.382 e. The number of carbonyl (C=O) groups excluding carboxylic acids is 1. The maximum atomic E-state index is 10.7. The van der Waals surface area contributed by atoms with E-state index in [1.165, 1.54) is 14.0 Å². The fourth-order valence-corrected chi connectivity index (χ4v) is 1.31. The number of nitrogens with two attached hydrogens (primary N) is 1. The van der Waals surface area contributed by atoms with Crippen LogP contribution in [0.15, 0.2) is 0 Å². The third-order valence-electron chi connectivity index (χ3n) is 2.09. The second-order valence-electron chi connectivity index (χ2n) is 2.79. The molecule has 0 unspecified atom stereocenters. The Kier molecular flexibility index (Phi) is 4.30. The van der Waals surface area contributed by atoms with Gasteiger partial charge in [0, 0.05) is 0 Å². The molecule has 0 saturated heterocycles. The van der Waals surface area contributed by atoms with Gasteiger partial charge < -0.3 is 10.8 Å². The molecule has 0 bridgehead atoms. The van der Waals surface area contributed by atoms with Gasteiger partial charge in [0.05, 0.1) is 0 Å². The average Bonchev–Trinajstić information content (AvgIpc) is 2.42. The van der Waals surface area contributed by atoms with Gasteiger partial charge in [0.15, 0.2) is 5.78 Å². The second-order valence-corrected chi connectivity index (χ2v) is 2.79. The summed E-state index contributed by atoms with van der Waals surface area (Å²) in [6.45, 7) is 1.46. The van der Waals surface area contributed by atoms with Gasteiger partial charge in [-0.3, -0.25) is 4.79 Å². The first-order valence-corrected chi connectivity index (χ1v) is 3.96. The predicted molar refractivity (Wildman–Crippen MR) is 44.2 cm³/mol. The van der Waals surface area contributed by atoms with Crippen LogP contribution in [0.4, 0.5) is 0 Å². The van der Waals surface area contributed by atoms with E-state index in [0.717, 1.165) is 12.8 Å². The zero-order chi connectivity index (χ0) is 8.91. The molecule has 0 heterocycles. The van der Waals surface area contributed by atoms with E-state index in [1.807, 2.05) is 0 Å². The Balaban J connectivity index is 0.000000461. The summed E-state index contributed by atoms with van der Waals surface area (Å²) >= 11 is 0. The summed E-state index contributed by atoms with van der Waals surface area (Å²) < 4.78 is 0. The molecule has 0 aromatic heterocycles. The molecule has 0 spiro atoms. The van der Waals surface area contributed by atoms with E-state index in [1.54, 1.807) is 0 Å². The topological polar surface area (TPSA) is 63.3 Å². The van der Waals surface area contributed by atoms with Crippen molar-refractivity contribution in [1.29, 1.82) is 0 Å². The van der Waals surface area contributed by atoms with Crippen molar-refractivity contribution in [3.05, 3.63) is 0 Å². The Hall–Kier alpha value is -0.410. The van der Waals surface area contributed by atoms with Crippen molar-refractivity contribution in [1.82, 2.24) is 0 Å². The summed E-state index contributed by atoms with van der Waals surface area (Å²) in [5.41, 5.74) is 3.56. The normalized spacial score (nSPS) is 20.4. The first-order valence-electron chi connectivity index (χ1n) is 3.96. The quantitative estimate of drug-likeness (QED) is 0.584. The van der Waals surface area contributed by atoms with Crippen LogP contribution in [-0.2, 0) is 4.79 Å². The van der Waals surface area contributed by atoms with Crippen LogP contribution in [0.3, 0.4) is 0 Å². The number of hydrogen-bond donors (Lipinski definition) is 2. The molecule has 0 amide bonds. The monoisotopic (exact) mass is 159 g/mol. The molecule has 3 heteroatoms. The highest BCUT2D eigenvalue weighted by atomic mass is 16.3. The minimum atomic E-state index is -0.944. The largest absolute Gasteiger partial charge is 0.382 e. The van der Waals surface area contributed by atoms with Crippen LogP contribution in [0.5, 0.6) is 0 Å². The molecule has 1 fully saturated rings. The molecule has 0 atom stereocenters. The van der Waals surface area contributed by atoms with Crippen LogP contribution in [0, 0.1) is 0 Å². The lowest BCUT2D eigenvalue weighted by Gasteiger charge is -2.16. The fourth-order valence-electron chi connectivity index (χ4n) is 1.31. The number of rotatable bonds is 1. The molecule has 1 aliphatic carbocycles. The zero-order valence-electron chi connectivity index (χ0n) is 7.26. The number of carbonyl (C=O) groups is 1. The number of Topliss-reactive ketones (excluding diaryl/α,β-unsaturated/α-hetero) is 1. The highest BCUT2D eigenvalue weighted by Crippen LogP contribution is 2.29. The van der Waals surface area contributed by atoms with E-state index in [-0.39, 0.29) is 5.78 Å². The first-order chi connectivity index (χ1) is 5.15. The van der Waals surface area contributed by atoms with Crippen molar-refractivity contribution < 1.29 is 9.90 Å². The van der Waals surface area contributed by atoms with Crippen LogP contribution in [0.1, 0.15) is 32.6 Å². The van der Waals surface area contributed by atoms with Gasteiger partial charge >= 0.3 is 0 Å². The van der Waals surface area contributed by atoms with Crippen LogP contribution in [-0.4, -0.2) is 23.5 Å². The zero-order valence-corrected chi connectivity index (χ0v) is 7.26. The van der Waals surface area contributed by atoms with E-state index in [2.05, 4.69) is 5.73 Å². The van der Waals surface area contributed by atoms with Gasteiger partial charge in [0.25, 0.3) is 0 Å². The second kappa shape index (κ2) is 4.46. The molecule has 11 heavy (non-hydrogen) atoms. The SMILES string of the molecule is CC(=O)C1(O)CCCC1.CN. The van der Waals surface area contributed by atoms with Gasteiger partial charge in [-0.1, -0.05) is 0 Å². The van der Waals surface area contributed by atoms with Gasteiger partial charge in [-0.05, 0) is 39.7 Å². The average molecular weight is 159 g/mol. The summed E-state index contributed by atoms with van der Waals surface area (Å²) in [5.74, 6) is -0.0694. The van der Waals surface area contributed by atoms with Crippen molar-refractivity contribution >= 4 is 5.78 Å². The first kappa shape index (κ1) is 10.6. The highest BCUT2D eigenvalue weighted by molar-refractivity contribution is 5.84. The van der Waals surface area contributed by atoms with E-state index < -0.39 is 5.60 Å². The van der Waals surface area contributed by atoms with E-state index in [9.17, 15) is 9.90 Å². The van der Waals surface area contributed by atoms with Gasteiger partial charge in [-0.25, -0.2) is 0 Å². The molecule has 0 aliphatic heterocycles. The fraction of sp³-hybridized carbons (Fsp3) is 0.875. The van der Waals surface area contributed by atoms with Gasteiger partial charge in [0.2, 0.25) is 0 Å². The maximum absolute atomic E-state index is 10.7.